The summed E-state index contributed by atoms with van der Waals surface area (Å²) in [6.07, 6.45) is 1.19. The zero-order chi connectivity index (χ0) is 9.97. The molecule has 1 unspecified atom stereocenters. The van der Waals surface area contributed by atoms with Gasteiger partial charge in [0.25, 0.3) is 0 Å². The number of morpholine rings is 1. The van der Waals surface area contributed by atoms with Crippen molar-refractivity contribution in [1.29, 1.82) is 0 Å². The Bertz CT molecular complexity index is 219. The van der Waals surface area contributed by atoms with Crippen molar-refractivity contribution in [2.45, 2.75) is 19.4 Å². The number of nitrogens with zero attached hydrogens (tertiary/aromatic N) is 1. The van der Waals surface area contributed by atoms with Gasteiger partial charge in [0.05, 0.1) is 18.6 Å². The van der Waals surface area contributed by atoms with E-state index in [1.54, 1.807) is 0 Å². The lowest BCUT2D eigenvalue weighted by atomic mass is 10.1. The van der Waals surface area contributed by atoms with E-state index in [2.05, 4.69) is 5.32 Å². The maximum Gasteiger partial charge on any atom is 0.227 e. The summed E-state index contributed by atoms with van der Waals surface area (Å²) in [5.74, 6) is 0.519. The second kappa shape index (κ2) is 5.68. The smallest absolute Gasteiger partial charge is 0.227 e. The minimum atomic E-state index is 0. The van der Waals surface area contributed by atoms with Crippen molar-refractivity contribution in [2.24, 2.45) is 5.92 Å². The Kier molecular flexibility index (Phi) is 4.83. The van der Waals surface area contributed by atoms with Gasteiger partial charge in [-0.3, -0.25) is 4.79 Å². The highest BCUT2D eigenvalue weighted by molar-refractivity contribution is 5.85. The molecule has 2 saturated heterocycles. The SMILES string of the molecule is CC1CN(C(=O)[C@@H]2CCNC2)CCO1.Cl. The Balaban J connectivity index is 0.00000112. The third-order valence-electron chi connectivity index (χ3n) is 2.96. The number of carbonyl (C=O) groups excluding carboxylic acids is 1. The molecule has 2 aliphatic rings. The Morgan fingerprint density at radius 2 is 2.33 bits per heavy atom. The van der Waals surface area contributed by atoms with Gasteiger partial charge in [-0.1, -0.05) is 0 Å². The lowest BCUT2D eigenvalue weighted by Gasteiger charge is -2.32. The Morgan fingerprint density at radius 3 is 2.93 bits per heavy atom. The largest absolute Gasteiger partial charge is 0.375 e. The van der Waals surface area contributed by atoms with Crippen LogP contribution in [-0.4, -0.2) is 49.7 Å². The molecule has 0 bridgehead atoms. The lowest BCUT2D eigenvalue weighted by molar-refractivity contribution is -0.141. The zero-order valence-corrected chi connectivity index (χ0v) is 9.89. The molecule has 5 heteroatoms. The number of amides is 1. The zero-order valence-electron chi connectivity index (χ0n) is 9.07. The van der Waals surface area contributed by atoms with Gasteiger partial charge in [0, 0.05) is 19.6 Å². The fourth-order valence-electron chi connectivity index (χ4n) is 2.14. The fraction of sp³-hybridized carbons (Fsp3) is 0.900. The highest BCUT2D eigenvalue weighted by Crippen LogP contribution is 2.14. The number of halogens is 1. The van der Waals surface area contributed by atoms with Crippen LogP contribution in [0.3, 0.4) is 0 Å². The summed E-state index contributed by atoms with van der Waals surface area (Å²) in [6.45, 7) is 6.06. The van der Waals surface area contributed by atoms with Crippen LogP contribution in [0.15, 0.2) is 0 Å². The summed E-state index contributed by atoms with van der Waals surface area (Å²) in [5.41, 5.74) is 0. The van der Waals surface area contributed by atoms with E-state index in [0.717, 1.165) is 32.6 Å². The molecule has 2 atom stereocenters. The molecule has 0 aromatic heterocycles. The monoisotopic (exact) mass is 234 g/mol. The molecule has 0 aliphatic carbocycles. The minimum Gasteiger partial charge on any atom is -0.375 e. The molecule has 2 rings (SSSR count). The van der Waals surface area contributed by atoms with E-state index in [9.17, 15) is 4.79 Å². The van der Waals surface area contributed by atoms with Gasteiger partial charge in [-0.2, -0.15) is 0 Å². The van der Waals surface area contributed by atoms with Crippen LogP contribution >= 0.6 is 12.4 Å². The molecular weight excluding hydrogens is 216 g/mol. The van der Waals surface area contributed by atoms with E-state index in [1.807, 2.05) is 11.8 Å². The molecule has 1 N–H and O–H groups in total. The van der Waals surface area contributed by atoms with Crippen LogP contribution in [0, 0.1) is 5.92 Å². The molecule has 0 radical (unpaired) electrons. The molecule has 2 fully saturated rings. The second-order valence-electron chi connectivity index (χ2n) is 4.16. The summed E-state index contributed by atoms with van der Waals surface area (Å²) in [6, 6.07) is 0. The molecule has 15 heavy (non-hydrogen) atoms. The van der Waals surface area contributed by atoms with Gasteiger partial charge in [-0.15, -0.1) is 12.4 Å². The summed E-state index contributed by atoms with van der Waals surface area (Å²) in [7, 11) is 0. The molecule has 0 saturated carbocycles. The number of rotatable bonds is 1. The van der Waals surface area contributed by atoms with Crippen LogP contribution in [0.5, 0.6) is 0 Å². The van der Waals surface area contributed by atoms with Crippen molar-refractivity contribution >= 4 is 18.3 Å². The van der Waals surface area contributed by atoms with E-state index in [4.69, 9.17) is 4.74 Å². The summed E-state index contributed by atoms with van der Waals surface area (Å²) in [4.78, 5) is 13.9. The van der Waals surface area contributed by atoms with E-state index >= 15 is 0 Å². The molecule has 2 aliphatic heterocycles. The first-order chi connectivity index (χ1) is 6.77. The molecule has 4 nitrogen and oxygen atoms in total. The van der Waals surface area contributed by atoms with E-state index in [-0.39, 0.29) is 24.4 Å². The molecular formula is C10H19ClN2O2. The average molecular weight is 235 g/mol. The van der Waals surface area contributed by atoms with Gasteiger partial charge in [-0.05, 0) is 19.9 Å². The molecule has 88 valence electrons. The molecule has 1 amide bonds. The lowest BCUT2D eigenvalue weighted by Crippen LogP contribution is -2.47. The summed E-state index contributed by atoms with van der Waals surface area (Å²) >= 11 is 0. The van der Waals surface area contributed by atoms with Gasteiger partial charge in [-0.25, -0.2) is 0 Å². The first-order valence-electron chi connectivity index (χ1n) is 5.38. The summed E-state index contributed by atoms with van der Waals surface area (Å²) < 4.78 is 5.41. The third-order valence-corrected chi connectivity index (χ3v) is 2.96. The number of carbonyl (C=O) groups is 1. The molecule has 0 aromatic carbocycles. The Labute approximate surface area is 96.7 Å². The minimum absolute atomic E-state index is 0. The molecule has 0 aromatic rings. The number of hydrogen-bond donors (Lipinski definition) is 1. The van der Waals surface area contributed by atoms with Gasteiger partial charge < -0.3 is 15.0 Å². The Hall–Kier alpha value is -0.320. The van der Waals surface area contributed by atoms with Gasteiger partial charge in [0.2, 0.25) is 5.91 Å². The van der Waals surface area contributed by atoms with Crippen LogP contribution in [0.4, 0.5) is 0 Å². The number of nitrogens with one attached hydrogen (secondary N) is 1. The average Bonchev–Trinajstić information content (AvgIpc) is 2.69. The normalized spacial score (nSPS) is 31.1. The predicted molar refractivity (Wildman–Crippen MR) is 60.2 cm³/mol. The first kappa shape index (κ1) is 12.7. The van der Waals surface area contributed by atoms with Crippen LogP contribution < -0.4 is 5.32 Å². The van der Waals surface area contributed by atoms with Gasteiger partial charge >= 0.3 is 0 Å². The first-order valence-corrected chi connectivity index (χ1v) is 5.38. The predicted octanol–water partition coefficient (Wildman–Crippen LogP) is 0.265. The number of ether oxygens (including phenoxy) is 1. The van der Waals surface area contributed by atoms with Gasteiger partial charge in [0.1, 0.15) is 0 Å². The second-order valence-corrected chi connectivity index (χ2v) is 4.16. The quantitative estimate of drug-likeness (QED) is 0.708. The number of hydrogen-bond acceptors (Lipinski definition) is 3. The highest BCUT2D eigenvalue weighted by Gasteiger charge is 2.29. The molecule has 0 spiro atoms. The van der Waals surface area contributed by atoms with Crippen LogP contribution in [0.2, 0.25) is 0 Å². The van der Waals surface area contributed by atoms with E-state index in [0.29, 0.717) is 12.5 Å². The fourth-order valence-corrected chi connectivity index (χ4v) is 2.14. The van der Waals surface area contributed by atoms with E-state index in [1.165, 1.54) is 0 Å². The Morgan fingerprint density at radius 1 is 1.53 bits per heavy atom. The standard InChI is InChI=1S/C10H18N2O2.ClH/c1-8-7-12(4-5-14-8)10(13)9-2-3-11-6-9;/h8-9,11H,2-7H2,1H3;1H/t8?,9-;/m1./s1. The van der Waals surface area contributed by atoms with E-state index < -0.39 is 0 Å². The van der Waals surface area contributed by atoms with Crippen molar-refractivity contribution in [1.82, 2.24) is 10.2 Å². The maximum atomic E-state index is 12.0. The van der Waals surface area contributed by atoms with Crippen LogP contribution in [-0.2, 0) is 9.53 Å². The van der Waals surface area contributed by atoms with Gasteiger partial charge in [0.15, 0.2) is 0 Å². The third kappa shape index (κ3) is 3.06. The van der Waals surface area contributed by atoms with Crippen LogP contribution in [0.1, 0.15) is 13.3 Å². The van der Waals surface area contributed by atoms with Crippen molar-refractivity contribution < 1.29 is 9.53 Å². The molecule has 2 heterocycles. The van der Waals surface area contributed by atoms with Crippen molar-refractivity contribution in [3.05, 3.63) is 0 Å². The van der Waals surface area contributed by atoms with Crippen molar-refractivity contribution in [3.63, 3.8) is 0 Å². The van der Waals surface area contributed by atoms with Crippen molar-refractivity contribution in [3.8, 4) is 0 Å². The summed E-state index contributed by atoms with van der Waals surface area (Å²) in [5, 5.41) is 3.22. The van der Waals surface area contributed by atoms with Crippen LogP contribution in [0.25, 0.3) is 0 Å². The topological polar surface area (TPSA) is 41.6 Å². The maximum absolute atomic E-state index is 12.0. The highest BCUT2D eigenvalue weighted by atomic mass is 35.5. The van der Waals surface area contributed by atoms with Crippen molar-refractivity contribution in [2.75, 3.05) is 32.8 Å².